The van der Waals surface area contributed by atoms with Crippen molar-refractivity contribution >= 4 is 29.4 Å². The number of carbonyl (C=O) groups excluding carboxylic acids is 2. The summed E-state index contributed by atoms with van der Waals surface area (Å²) < 4.78 is 18.0. The fraction of sp³-hybridized carbons (Fsp3) is 0.200. The van der Waals surface area contributed by atoms with Gasteiger partial charge < -0.3 is 18.8 Å². The van der Waals surface area contributed by atoms with Gasteiger partial charge in [0, 0.05) is 34.6 Å². The second-order valence-corrected chi connectivity index (χ2v) is 7.91. The molecule has 6 nitrogen and oxygen atoms in total. The van der Waals surface area contributed by atoms with Gasteiger partial charge in [-0.05, 0) is 61.4 Å². The second kappa shape index (κ2) is 9.32. The van der Waals surface area contributed by atoms with Crippen molar-refractivity contribution in [2.75, 3.05) is 13.4 Å². The summed E-state index contributed by atoms with van der Waals surface area (Å²) in [4.78, 5) is 24.7. The lowest BCUT2D eigenvalue weighted by atomic mass is 10.1. The lowest BCUT2D eigenvalue weighted by molar-refractivity contribution is -0.136. The summed E-state index contributed by atoms with van der Waals surface area (Å²) in [6, 6.07) is 14.7. The number of hydrogen-bond donors (Lipinski definition) is 0. The average molecular weight is 452 g/mol. The summed E-state index contributed by atoms with van der Waals surface area (Å²) >= 11 is 5.93. The summed E-state index contributed by atoms with van der Waals surface area (Å²) in [7, 11) is 0. The molecule has 2 aromatic carbocycles. The molecule has 0 unspecified atom stereocenters. The first kappa shape index (κ1) is 21.7. The Hall–Kier alpha value is -3.51. The van der Waals surface area contributed by atoms with Crippen molar-refractivity contribution in [3.8, 4) is 11.5 Å². The van der Waals surface area contributed by atoms with Crippen molar-refractivity contribution in [3.63, 3.8) is 0 Å². The molecule has 32 heavy (non-hydrogen) atoms. The Morgan fingerprint density at radius 2 is 1.91 bits per heavy atom. The molecule has 2 heterocycles. The molecule has 7 heteroatoms. The quantitative estimate of drug-likeness (QED) is 0.288. The molecule has 0 saturated heterocycles. The molecular formula is C25H22ClNO5. The number of aryl methyl sites for hydroxylation is 1. The van der Waals surface area contributed by atoms with E-state index >= 15 is 0 Å². The van der Waals surface area contributed by atoms with Crippen LogP contribution < -0.4 is 9.47 Å². The molecule has 0 amide bonds. The fourth-order valence-electron chi connectivity index (χ4n) is 3.59. The van der Waals surface area contributed by atoms with Crippen LogP contribution in [0.15, 0.2) is 54.6 Å². The Bertz CT molecular complexity index is 1210. The topological polar surface area (TPSA) is 66.8 Å². The van der Waals surface area contributed by atoms with Gasteiger partial charge in [0.05, 0.1) is 0 Å². The van der Waals surface area contributed by atoms with E-state index in [2.05, 4.69) is 0 Å². The van der Waals surface area contributed by atoms with Crippen LogP contribution in [0.4, 0.5) is 0 Å². The molecule has 164 valence electrons. The van der Waals surface area contributed by atoms with Crippen molar-refractivity contribution in [2.24, 2.45) is 0 Å². The molecule has 0 spiro atoms. The number of nitrogens with zero attached hydrogens (tertiary/aromatic N) is 1. The van der Waals surface area contributed by atoms with E-state index in [9.17, 15) is 9.59 Å². The SMILES string of the molecule is Cc1cc(C(=O)COC(=O)C=Cc2cccc(Cl)c2)c(C)n1Cc1ccc2c(c1)OCO2. The van der Waals surface area contributed by atoms with Gasteiger partial charge in [-0.1, -0.05) is 29.8 Å². The summed E-state index contributed by atoms with van der Waals surface area (Å²) in [6.45, 7) is 4.31. The number of ether oxygens (including phenoxy) is 3. The molecule has 0 radical (unpaired) electrons. The lowest BCUT2D eigenvalue weighted by Gasteiger charge is -2.10. The minimum absolute atomic E-state index is 0.228. The van der Waals surface area contributed by atoms with Gasteiger partial charge in [0.2, 0.25) is 12.6 Å². The number of rotatable bonds is 7. The highest BCUT2D eigenvalue weighted by Gasteiger charge is 2.18. The molecule has 1 aliphatic rings. The Balaban J connectivity index is 1.39. The molecular weight excluding hydrogens is 430 g/mol. The normalized spacial score (nSPS) is 12.3. The smallest absolute Gasteiger partial charge is 0.331 e. The zero-order valence-electron chi connectivity index (χ0n) is 17.8. The predicted molar refractivity (Wildman–Crippen MR) is 121 cm³/mol. The van der Waals surface area contributed by atoms with Gasteiger partial charge >= 0.3 is 5.97 Å². The number of hydrogen-bond acceptors (Lipinski definition) is 5. The van der Waals surface area contributed by atoms with Crippen molar-refractivity contribution in [1.82, 2.24) is 4.57 Å². The summed E-state index contributed by atoms with van der Waals surface area (Å²) in [5.41, 5.74) is 4.10. The van der Waals surface area contributed by atoms with E-state index in [1.807, 2.05) is 48.7 Å². The number of ketones is 1. The van der Waals surface area contributed by atoms with Crippen LogP contribution in [-0.2, 0) is 16.1 Å². The summed E-state index contributed by atoms with van der Waals surface area (Å²) in [6.07, 6.45) is 2.87. The minimum atomic E-state index is -0.590. The number of halogens is 1. The Labute approximate surface area is 191 Å². The van der Waals surface area contributed by atoms with Crippen molar-refractivity contribution in [1.29, 1.82) is 0 Å². The van der Waals surface area contributed by atoms with E-state index in [1.165, 1.54) is 6.08 Å². The number of Topliss-reactive ketones (excluding diaryl/α,β-unsaturated/α-hetero) is 1. The van der Waals surface area contributed by atoms with Crippen LogP contribution in [0.2, 0.25) is 5.02 Å². The van der Waals surface area contributed by atoms with Gasteiger partial charge in [-0.2, -0.15) is 0 Å². The molecule has 0 fully saturated rings. The maximum atomic E-state index is 12.7. The van der Waals surface area contributed by atoms with Gasteiger partial charge in [0.1, 0.15) is 0 Å². The van der Waals surface area contributed by atoms with Crippen molar-refractivity contribution in [2.45, 2.75) is 20.4 Å². The van der Waals surface area contributed by atoms with Crippen LogP contribution in [0.3, 0.4) is 0 Å². The Morgan fingerprint density at radius 3 is 2.72 bits per heavy atom. The molecule has 0 N–H and O–H groups in total. The van der Waals surface area contributed by atoms with Crippen molar-refractivity contribution < 1.29 is 23.8 Å². The molecule has 0 aliphatic carbocycles. The number of carbonyl (C=O) groups is 2. The maximum absolute atomic E-state index is 12.7. The van der Waals surface area contributed by atoms with E-state index in [0.29, 0.717) is 17.1 Å². The molecule has 1 aliphatic heterocycles. The van der Waals surface area contributed by atoms with Crippen LogP contribution >= 0.6 is 11.6 Å². The first-order chi connectivity index (χ1) is 15.4. The number of aromatic nitrogens is 1. The Kier molecular flexibility index (Phi) is 6.32. The zero-order chi connectivity index (χ0) is 22.7. The van der Waals surface area contributed by atoms with Crippen LogP contribution in [0.25, 0.3) is 6.08 Å². The highest BCUT2D eigenvalue weighted by Crippen LogP contribution is 2.33. The first-order valence-corrected chi connectivity index (χ1v) is 10.5. The van der Waals surface area contributed by atoms with Crippen LogP contribution in [-0.4, -0.2) is 29.7 Å². The number of fused-ring (bicyclic) bond motifs is 1. The summed E-state index contributed by atoms with van der Waals surface area (Å²) in [5, 5.41) is 0.576. The maximum Gasteiger partial charge on any atom is 0.331 e. The van der Waals surface area contributed by atoms with E-state index in [1.54, 1.807) is 24.3 Å². The molecule has 4 rings (SSSR count). The van der Waals surface area contributed by atoms with Gasteiger partial charge in [0.25, 0.3) is 0 Å². The molecule has 1 aromatic heterocycles. The standard InChI is InChI=1S/C25H22ClNO5/c1-16-10-21(17(2)27(16)13-19-6-8-23-24(12-19)32-15-31-23)22(28)14-30-25(29)9-7-18-4-3-5-20(26)11-18/h3-12H,13-15H2,1-2H3. The molecule has 3 aromatic rings. The van der Waals surface area contributed by atoms with Crippen LogP contribution in [0.1, 0.15) is 32.9 Å². The largest absolute Gasteiger partial charge is 0.454 e. The zero-order valence-corrected chi connectivity index (χ0v) is 18.5. The highest BCUT2D eigenvalue weighted by molar-refractivity contribution is 6.30. The highest BCUT2D eigenvalue weighted by atomic mass is 35.5. The van der Waals surface area contributed by atoms with Gasteiger partial charge in [-0.3, -0.25) is 4.79 Å². The third-order valence-electron chi connectivity index (χ3n) is 5.26. The second-order valence-electron chi connectivity index (χ2n) is 7.48. The molecule has 0 bridgehead atoms. The summed E-state index contributed by atoms with van der Waals surface area (Å²) in [5.74, 6) is 0.614. The molecule has 0 atom stereocenters. The van der Waals surface area contributed by atoms with E-state index in [0.717, 1.165) is 34.0 Å². The van der Waals surface area contributed by atoms with Crippen LogP contribution in [0.5, 0.6) is 11.5 Å². The van der Waals surface area contributed by atoms with Gasteiger partial charge in [-0.25, -0.2) is 4.79 Å². The van der Waals surface area contributed by atoms with Crippen molar-refractivity contribution in [3.05, 3.63) is 87.7 Å². The lowest BCUT2D eigenvalue weighted by Crippen LogP contribution is -2.13. The van der Waals surface area contributed by atoms with Gasteiger partial charge in [-0.15, -0.1) is 0 Å². The van der Waals surface area contributed by atoms with Gasteiger partial charge in [0.15, 0.2) is 18.1 Å². The first-order valence-electron chi connectivity index (χ1n) is 10.1. The van der Waals surface area contributed by atoms with E-state index in [-0.39, 0.29) is 19.2 Å². The monoisotopic (exact) mass is 451 g/mol. The van der Waals surface area contributed by atoms with E-state index in [4.69, 9.17) is 25.8 Å². The van der Waals surface area contributed by atoms with E-state index < -0.39 is 5.97 Å². The Morgan fingerprint density at radius 1 is 1.09 bits per heavy atom. The van der Waals surface area contributed by atoms with Crippen LogP contribution in [0, 0.1) is 13.8 Å². The third kappa shape index (κ3) is 4.86. The minimum Gasteiger partial charge on any atom is -0.454 e. The predicted octanol–water partition coefficient (Wildman–Crippen LogP) is 4.97. The number of esters is 1. The number of benzene rings is 2. The fourth-order valence-corrected chi connectivity index (χ4v) is 3.78. The molecule has 0 saturated carbocycles. The average Bonchev–Trinajstić information content (AvgIpc) is 3.35. The third-order valence-corrected chi connectivity index (χ3v) is 5.49.